The highest BCUT2D eigenvalue weighted by atomic mass is 16.5. The smallest absolute Gasteiger partial charge is 0.257 e. The van der Waals surface area contributed by atoms with Gasteiger partial charge in [-0.15, -0.1) is 0 Å². The monoisotopic (exact) mass is 456 g/mol. The molecule has 4 aromatic rings. The predicted octanol–water partition coefficient (Wildman–Crippen LogP) is 4.46. The van der Waals surface area contributed by atoms with E-state index in [2.05, 4.69) is 46.0 Å². The number of hydrogen-bond donors (Lipinski definition) is 1. The van der Waals surface area contributed by atoms with E-state index in [1.807, 2.05) is 18.2 Å². The standard InChI is InChI=1S/C27H28N4O3/c1-18-5-6-22(33-21-8-12-31(2)13-9-21)14-20(18)16-26-30-17-25(34-26)19-7-11-28-24(15-19)23-4-3-10-29-27(23)32/h3-7,10-11,14-15,17,21H,8-9,12-13,16H2,1-2H3,(H,29,32). The van der Waals surface area contributed by atoms with Crippen molar-refractivity contribution < 1.29 is 9.15 Å². The summed E-state index contributed by atoms with van der Waals surface area (Å²) in [7, 11) is 2.15. The molecule has 0 aliphatic carbocycles. The number of piperidine rings is 1. The van der Waals surface area contributed by atoms with Gasteiger partial charge in [-0.25, -0.2) is 4.98 Å². The summed E-state index contributed by atoms with van der Waals surface area (Å²) in [6, 6.07) is 13.5. The second-order valence-corrected chi connectivity index (χ2v) is 8.85. The summed E-state index contributed by atoms with van der Waals surface area (Å²) in [5.41, 5.74) is 4.05. The van der Waals surface area contributed by atoms with Crippen LogP contribution in [0.4, 0.5) is 0 Å². The van der Waals surface area contributed by atoms with Crippen LogP contribution in [0.5, 0.6) is 5.75 Å². The van der Waals surface area contributed by atoms with Crippen LogP contribution in [-0.4, -0.2) is 46.1 Å². The number of nitrogens with one attached hydrogen (secondary N) is 1. The SMILES string of the molecule is Cc1ccc(OC2CCN(C)CC2)cc1Cc1ncc(-c2ccnc(-c3ccc[nH]c3=O)c2)o1. The topological polar surface area (TPSA) is 84.2 Å². The van der Waals surface area contributed by atoms with E-state index in [1.165, 1.54) is 5.56 Å². The molecular formula is C27H28N4O3. The van der Waals surface area contributed by atoms with Crippen LogP contribution in [0.25, 0.3) is 22.6 Å². The lowest BCUT2D eigenvalue weighted by Gasteiger charge is -2.29. The number of hydrogen-bond acceptors (Lipinski definition) is 6. The van der Waals surface area contributed by atoms with Crippen molar-refractivity contribution in [2.75, 3.05) is 20.1 Å². The number of H-pyrrole nitrogens is 1. The lowest BCUT2D eigenvalue weighted by Crippen LogP contribution is -2.35. The Labute approximate surface area is 198 Å². The molecule has 1 saturated heterocycles. The van der Waals surface area contributed by atoms with E-state index in [0.717, 1.165) is 42.8 Å². The maximum absolute atomic E-state index is 12.1. The number of pyridine rings is 2. The Bertz CT molecular complexity index is 1340. The molecule has 1 aliphatic rings. The Hall–Kier alpha value is -3.71. The van der Waals surface area contributed by atoms with Gasteiger partial charge in [-0.2, -0.15) is 0 Å². The normalized spacial score (nSPS) is 14.9. The average molecular weight is 457 g/mol. The van der Waals surface area contributed by atoms with Crippen LogP contribution in [0.3, 0.4) is 0 Å². The summed E-state index contributed by atoms with van der Waals surface area (Å²) in [6.45, 7) is 4.22. The second-order valence-electron chi connectivity index (χ2n) is 8.85. The third-order valence-electron chi connectivity index (χ3n) is 6.32. The molecule has 7 heteroatoms. The maximum Gasteiger partial charge on any atom is 0.257 e. The molecule has 3 aromatic heterocycles. The molecule has 174 valence electrons. The van der Waals surface area contributed by atoms with E-state index in [9.17, 15) is 4.79 Å². The Morgan fingerprint density at radius 1 is 1.15 bits per heavy atom. The summed E-state index contributed by atoms with van der Waals surface area (Å²) in [6.07, 6.45) is 7.93. The molecule has 7 nitrogen and oxygen atoms in total. The van der Waals surface area contributed by atoms with E-state index >= 15 is 0 Å². The minimum absolute atomic E-state index is 0.178. The maximum atomic E-state index is 12.1. The van der Waals surface area contributed by atoms with Gasteiger partial charge in [-0.1, -0.05) is 6.07 Å². The van der Waals surface area contributed by atoms with Crippen molar-refractivity contribution in [3.8, 4) is 28.3 Å². The average Bonchev–Trinajstić information content (AvgIpc) is 3.32. The molecule has 0 spiro atoms. The van der Waals surface area contributed by atoms with Crippen LogP contribution in [-0.2, 0) is 6.42 Å². The van der Waals surface area contributed by atoms with E-state index in [-0.39, 0.29) is 11.7 Å². The van der Waals surface area contributed by atoms with E-state index < -0.39 is 0 Å². The molecule has 5 rings (SSSR count). The number of likely N-dealkylation sites (tertiary alicyclic amines) is 1. The summed E-state index contributed by atoms with van der Waals surface area (Å²) in [5, 5.41) is 0. The molecule has 0 saturated carbocycles. The molecule has 1 aliphatic heterocycles. The fraction of sp³-hybridized carbons (Fsp3) is 0.296. The van der Waals surface area contributed by atoms with Gasteiger partial charge in [0.2, 0.25) is 0 Å². The molecular weight excluding hydrogens is 428 g/mol. The fourth-order valence-electron chi connectivity index (χ4n) is 4.25. The quantitative estimate of drug-likeness (QED) is 0.461. The Balaban J connectivity index is 1.33. The van der Waals surface area contributed by atoms with Gasteiger partial charge in [-0.3, -0.25) is 9.78 Å². The van der Waals surface area contributed by atoms with Crippen LogP contribution in [0.2, 0.25) is 0 Å². The van der Waals surface area contributed by atoms with Gasteiger partial charge in [0.05, 0.1) is 17.5 Å². The van der Waals surface area contributed by atoms with E-state index in [1.54, 1.807) is 30.7 Å². The Morgan fingerprint density at radius 2 is 2.00 bits per heavy atom. The van der Waals surface area contributed by atoms with Gasteiger partial charge >= 0.3 is 0 Å². The highest BCUT2D eigenvalue weighted by Crippen LogP contribution is 2.27. The highest BCUT2D eigenvalue weighted by Gasteiger charge is 2.18. The number of aromatic nitrogens is 3. The first-order valence-electron chi connectivity index (χ1n) is 11.6. The largest absolute Gasteiger partial charge is 0.490 e. The van der Waals surface area contributed by atoms with Crippen LogP contribution in [0, 0.1) is 6.92 Å². The van der Waals surface area contributed by atoms with Crippen LogP contribution in [0.1, 0.15) is 29.9 Å². The second kappa shape index (κ2) is 9.65. The van der Waals surface area contributed by atoms with Gasteiger partial charge in [-0.05, 0) is 74.3 Å². The first-order chi connectivity index (χ1) is 16.5. The number of aryl methyl sites for hydroxylation is 1. The van der Waals surface area contributed by atoms with Crippen molar-refractivity contribution >= 4 is 0 Å². The summed E-state index contributed by atoms with van der Waals surface area (Å²) >= 11 is 0. The number of aromatic amines is 1. The molecule has 0 amide bonds. The van der Waals surface area contributed by atoms with E-state index in [4.69, 9.17) is 9.15 Å². The van der Waals surface area contributed by atoms with Gasteiger partial charge in [0.1, 0.15) is 11.9 Å². The first kappa shape index (κ1) is 22.1. The van der Waals surface area contributed by atoms with Crippen molar-refractivity contribution in [2.45, 2.75) is 32.3 Å². The van der Waals surface area contributed by atoms with Crippen LogP contribution >= 0.6 is 0 Å². The predicted molar refractivity (Wildman–Crippen MR) is 131 cm³/mol. The summed E-state index contributed by atoms with van der Waals surface area (Å²) < 4.78 is 12.3. The zero-order valence-electron chi connectivity index (χ0n) is 19.5. The van der Waals surface area contributed by atoms with Crippen molar-refractivity contribution in [1.29, 1.82) is 0 Å². The third kappa shape index (κ3) is 4.94. The molecule has 34 heavy (non-hydrogen) atoms. The number of nitrogens with zero attached hydrogens (tertiary/aromatic N) is 3. The third-order valence-corrected chi connectivity index (χ3v) is 6.32. The Kier molecular flexibility index (Phi) is 6.27. The van der Waals surface area contributed by atoms with Gasteiger partial charge in [0.25, 0.3) is 5.56 Å². The van der Waals surface area contributed by atoms with Crippen LogP contribution in [0.15, 0.2) is 70.3 Å². The molecule has 4 heterocycles. The molecule has 0 unspecified atom stereocenters. The Morgan fingerprint density at radius 3 is 2.82 bits per heavy atom. The van der Waals surface area contributed by atoms with E-state index in [0.29, 0.717) is 29.3 Å². The van der Waals surface area contributed by atoms with Crippen molar-refractivity contribution in [3.63, 3.8) is 0 Å². The molecule has 0 atom stereocenters. The lowest BCUT2D eigenvalue weighted by molar-refractivity contribution is 0.114. The number of oxazole rings is 1. The zero-order chi connectivity index (χ0) is 23.5. The molecule has 1 aromatic carbocycles. The molecule has 1 N–H and O–H groups in total. The lowest BCUT2D eigenvalue weighted by atomic mass is 10.0. The first-order valence-corrected chi connectivity index (χ1v) is 11.6. The molecule has 1 fully saturated rings. The number of ether oxygens (including phenoxy) is 1. The van der Waals surface area contributed by atoms with Crippen molar-refractivity contribution in [1.82, 2.24) is 19.9 Å². The van der Waals surface area contributed by atoms with Crippen LogP contribution < -0.4 is 10.3 Å². The van der Waals surface area contributed by atoms with Crippen molar-refractivity contribution in [2.24, 2.45) is 0 Å². The minimum atomic E-state index is -0.178. The minimum Gasteiger partial charge on any atom is -0.490 e. The number of rotatable bonds is 6. The number of benzene rings is 1. The summed E-state index contributed by atoms with van der Waals surface area (Å²) in [4.78, 5) is 26.0. The fourth-order valence-corrected chi connectivity index (χ4v) is 4.25. The zero-order valence-corrected chi connectivity index (χ0v) is 19.5. The van der Waals surface area contributed by atoms with Gasteiger partial charge in [0.15, 0.2) is 11.7 Å². The van der Waals surface area contributed by atoms with Crippen molar-refractivity contribution in [3.05, 3.63) is 88.4 Å². The van der Waals surface area contributed by atoms with Gasteiger partial charge in [0, 0.05) is 37.5 Å². The van der Waals surface area contributed by atoms with Gasteiger partial charge < -0.3 is 19.0 Å². The summed E-state index contributed by atoms with van der Waals surface area (Å²) in [5.74, 6) is 2.17. The molecule has 0 radical (unpaired) electrons. The highest BCUT2D eigenvalue weighted by molar-refractivity contribution is 5.66. The molecule has 0 bridgehead atoms.